The highest BCUT2D eigenvalue weighted by atomic mass is 32.2. The molecule has 0 fully saturated rings. The number of para-hydroxylation sites is 1. The lowest BCUT2D eigenvalue weighted by molar-refractivity contribution is 1.00. The SMILES string of the molecule is [C-]#[N+]c1cc2c3c(c1)[N+](c1ccc(-c4ccccc4)cc1)=C1C=Cc4cccc(c4C1S3)-c1ccccc1N2c1ccc(-c2ccccc2)cc1. The molecule has 2 heterocycles. The van der Waals surface area contributed by atoms with Crippen molar-refractivity contribution in [2.75, 3.05) is 4.90 Å². The van der Waals surface area contributed by atoms with E-state index in [4.69, 9.17) is 6.57 Å². The van der Waals surface area contributed by atoms with Gasteiger partial charge in [0.2, 0.25) is 17.1 Å². The summed E-state index contributed by atoms with van der Waals surface area (Å²) in [6.45, 7) is 8.29. The summed E-state index contributed by atoms with van der Waals surface area (Å²) in [7, 11) is 0. The van der Waals surface area contributed by atoms with Crippen LogP contribution in [0.15, 0.2) is 175 Å². The van der Waals surface area contributed by atoms with Crippen LogP contribution >= 0.6 is 11.8 Å². The molecule has 51 heavy (non-hydrogen) atoms. The van der Waals surface area contributed by atoms with E-state index in [1.807, 2.05) is 11.8 Å². The Labute approximate surface area is 301 Å². The van der Waals surface area contributed by atoms with Gasteiger partial charge < -0.3 is 4.90 Å². The van der Waals surface area contributed by atoms with E-state index < -0.39 is 0 Å². The van der Waals surface area contributed by atoms with Crippen LogP contribution in [0.2, 0.25) is 0 Å². The third-order valence-corrected chi connectivity index (χ3v) is 11.5. The van der Waals surface area contributed by atoms with E-state index in [9.17, 15) is 0 Å². The van der Waals surface area contributed by atoms with Crippen LogP contribution in [0.25, 0.3) is 44.3 Å². The van der Waals surface area contributed by atoms with E-state index in [0.29, 0.717) is 5.69 Å². The van der Waals surface area contributed by atoms with Crippen molar-refractivity contribution in [2.45, 2.75) is 10.1 Å². The molecule has 1 aliphatic carbocycles. The highest BCUT2D eigenvalue weighted by Gasteiger charge is 2.43. The monoisotopic (exact) mass is 668 g/mol. The van der Waals surface area contributed by atoms with E-state index in [2.05, 4.69) is 190 Å². The van der Waals surface area contributed by atoms with Gasteiger partial charge in [-0.2, -0.15) is 4.58 Å². The molecule has 1 unspecified atom stereocenters. The molecule has 4 heteroatoms. The third kappa shape index (κ3) is 4.78. The summed E-state index contributed by atoms with van der Waals surface area (Å²) in [6, 6.07) is 58.3. The molecular weight excluding hydrogens is 639 g/mol. The topological polar surface area (TPSA) is 10.6 Å². The lowest BCUT2D eigenvalue weighted by atomic mass is 9.87. The summed E-state index contributed by atoms with van der Waals surface area (Å²) >= 11 is 1.90. The number of allylic oxidation sites excluding steroid dienone is 1. The average molecular weight is 669 g/mol. The van der Waals surface area contributed by atoms with Crippen molar-refractivity contribution in [3.63, 3.8) is 0 Å². The van der Waals surface area contributed by atoms with Crippen molar-refractivity contribution in [1.29, 1.82) is 0 Å². The van der Waals surface area contributed by atoms with Gasteiger partial charge in [-0.05, 0) is 81.4 Å². The van der Waals surface area contributed by atoms with Crippen molar-refractivity contribution < 1.29 is 0 Å². The molecule has 6 bridgehead atoms. The fraction of sp³-hybridized carbons (Fsp3) is 0.0213. The van der Waals surface area contributed by atoms with Gasteiger partial charge in [0.1, 0.15) is 10.1 Å². The molecule has 238 valence electrons. The largest absolute Gasteiger partial charge is 0.310 e. The second-order valence-corrected chi connectivity index (χ2v) is 14.1. The Morgan fingerprint density at radius 1 is 0.569 bits per heavy atom. The number of nitrogens with zero attached hydrogens (tertiary/aromatic N) is 3. The van der Waals surface area contributed by atoms with Crippen LogP contribution in [0.5, 0.6) is 0 Å². The number of hydrogen-bond acceptors (Lipinski definition) is 2. The maximum atomic E-state index is 8.29. The first-order valence-corrected chi connectivity index (χ1v) is 18.0. The Morgan fingerprint density at radius 3 is 1.90 bits per heavy atom. The molecule has 0 radical (unpaired) electrons. The van der Waals surface area contributed by atoms with E-state index in [-0.39, 0.29) is 5.25 Å². The lowest BCUT2D eigenvalue weighted by Gasteiger charge is -2.31. The highest BCUT2D eigenvalue weighted by Crippen LogP contribution is 2.59. The van der Waals surface area contributed by atoms with Crippen molar-refractivity contribution in [3.8, 4) is 33.4 Å². The Morgan fingerprint density at radius 2 is 1.20 bits per heavy atom. The van der Waals surface area contributed by atoms with Gasteiger partial charge in [0.15, 0.2) is 5.69 Å². The van der Waals surface area contributed by atoms with Crippen LogP contribution < -0.4 is 9.48 Å². The third-order valence-electron chi connectivity index (χ3n) is 10.1. The Hall–Kier alpha value is -6.41. The molecule has 0 saturated heterocycles. The van der Waals surface area contributed by atoms with Crippen molar-refractivity contribution >= 4 is 57.7 Å². The molecule has 3 nitrogen and oxygen atoms in total. The summed E-state index contributed by atoms with van der Waals surface area (Å²) < 4.78 is 2.40. The molecule has 10 rings (SSSR count). The standard InChI is InChI=1S/C47H30N3S/c1-48-36-29-43-46-44(30-36)50(38-26-21-34(22-27-38)32-13-6-3-7-14-32)42-28-23-35-15-10-17-40(45(35)47(42)51-46)39-16-8-9-18-41(39)49(43)37-24-19-33(20-25-37)31-11-4-2-5-12-31/h2-30,47H/q+1. The molecule has 3 aliphatic rings. The number of hydrogen-bond donors (Lipinski definition) is 0. The van der Waals surface area contributed by atoms with E-state index in [1.165, 1.54) is 50.2 Å². The van der Waals surface area contributed by atoms with Crippen LogP contribution in [0.1, 0.15) is 16.4 Å². The predicted octanol–water partition coefficient (Wildman–Crippen LogP) is 13.2. The van der Waals surface area contributed by atoms with Crippen molar-refractivity contribution in [2.24, 2.45) is 0 Å². The highest BCUT2D eigenvalue weighted by molar-refractivity contribution is 8.00. The van der Waals surface area contributed by atoms with Crippen LogP contribution in [0.4, 0.5) is 34.1 Å². The normalized spacial score (nSPS) is 15.0. The second-order valence-electron chi connectivity index (χ2n) is 13.0. The number of fused-ring (bicyclic) bond motifs is 2. The Balaban J connectivity index is 1.26. The molecule has 7 aromatic rings. The smallest absolute Gasteiger partial charge is 0.216 e. The molecule has 7 aromatic carbocycles. The van der Waals surface area contributed by atoms with Gasteiger partial charge in [-0.25, -0.2) is 4.85 Å². The fourth-order valence-corrected chi connectivity index (χ4v) is 9.26. The van der Waals surface area contributed by atoms with Crippen LogP contribution in [0.3, 0.4) is 0 Å². The summed E-state index contributed by atoms with van der Waals surface area (Å²) in [5.41, 5.74) is 16.7. The second kappa shape index (κ2) is 11.9. The first-order valence-electron chi connectivity index (χ1n) is 17.2. The van der Waals surface area contributed by atoms with Crippen LogP contribution in [-0.2, 0) is 0 Å². The molecule has 0 aromatic heterocycles. The number of anilines is 3. The minimum atomic E-state index is 0.0495. The maximum Gasteiger partial charge on any atom is 0.216 e. The number of benzene rings is 7. The molecular formula is C47H30N3S+. The van der Waals surface area contributed by atoms with E-state index >= 15 is 0 Å². The van der Waals surface area contributed by atoms with Gasteiger partial charge in [0.25, 0.3) is 0 Å². The summed E-state index contributed by atoms with van der Waals surface area (Å²) in [6.07, 6.45) is 4.55. The summed E-state index contributed by atoms with van der Waals surface area (Å²) in [5.74, 6) is 0. The Bertz CT molecular complexity index is 2600. The molecule has 0 spiro atoms. The zero-order valence-corrected chi connectivity index (χ0v) is 28.4. The molecule has 1 atom stereocenters. The van der Waals surface area contributed by atoms with Gasteiger partial charge in [0.05, 0.1) is 17.9 Å². The quantitative estimate of drug-likeness (QED) is 0.137. The molecule has 0 N–H and O–H groups in total. The zero-order valence-electron chi connectivity index (χ0n) is 27.6. The zero-order chi connectivity index (χ0) is 33.9. The maximum absolute atomic E-state index is 8.29. The van der Waals surface area contributed by atoms with Crippen molar-refractivity contribution in [3.05, 3.63) is 192 Å². The summed E-state index contributed by atoms with van der Waals surface area (Å²) in [5, 5.41) is 0.0495. The first-order chi connectivity index (χ1) is 25.2. The van der Waals surface area contributed by atoms with Crippen LogP contribution in [0, 0.1) is 6.57 Å². The fourth-order valence-electron chi connectivity index (χ4n) is 7.80. The Kier molecular flexibility index (Phi) is 6.87. The molecule has 0 amide bonds. The molecule has 2 aliphatic heterocycles. The van der Waals surface area contributed by atoms with Crippen LogP contribution in [-0.4, -0.2) is 5.71 Å². The van der Waals surface area contributed by atoms with Gasteiger partial charge in [0, 0.05) is 35.5 Å². The average Bonchev–Trinajstić information content (AvgIpc) is 3.25. The van der Waals surface area contributed by atoms with Crippen molar-refractivity contribution in [1.82, 2.24) is 4.58 Å². The molecule has 0 saturated carbocycles. The minimum Gasteiger partial charge on any atom is -0.310 e. The van der Waals surface area contributed by atoms with Gasteiger partial charge in [-0.1, -0.05) is 121 Å². The van der Waals surface area contributed by atoms with Gasteiger partial charge in [-0.3, -0.25) is 0 Å². The minimum absolute atomic E-state index is 0.0495. The van der Waals surface area contributed by atoms with Gasteiger partial charge >= 0.3 is 0 Å². The van der Waals surface area contributed by atoms with E-state index in [1.54, 1.807) is 0 Å². The number of thioether (sulfide) groups is 1. The lowest BCUT2D eigenvalue weighted by Crippen LogP contribution is -2.27. The summed E-state index contributed by atoms with van der Waals surface area (Å²) in [4.78, 5) is 7.59. The predicted molar refractivity (Wildman–Crippen MR) is 214 cm³/mol. The first kappa shape index (κ1) is 29.5. The van der Waals surface area contributed by atoms with E-state index in [0.717, 1.165) is 33.3 Å². The van der Waals surface area contributed by atoms with Gasteiger partial charge in [-0.15, -0.1) is 0 Å². The number of rotatable bonds is 4.